The normalized spacial score (nSPS) is 25.1. The Morgan fingerprint density at radius 1 is 1.53 bits per heavy atom. The lowest BCUT2D eigenvalue weighted by molar-refractivity contribution is 0.453. The van der Waals surface area contributed by atoms with Gasteiger partial charge in [0.1, 0.15) is 11.9 Å². The number of nitrogens with two attached hydrogens (primary N) is 1. The van der Waals surface area contributed by atoms with E-state index in [1.54, 1.807) is 0 Å². The van der Waals surface area contributed by atoms with Crippen LogP contribution >= 0.6 is 0 Å². The number of nitriles is 1. The second-order valence-corrected chi connectivity index (χ2v) is 4.37. The molecule has 1 aliphatic rings. The molecule has 1 heterocycles. The van der Waals surface area contributed by atoms with E-state index in [9.17, 15) is 0 Å². The van der Waals surface area contributed by atoms with Gasteiger partial charge in [-0.05, 0) is 18.8 Å². The highest BCUT2D eigenvalue weighted by Gasteiger charge is 2.36. The van der Waals surface area contributed by atoms with Gasteiger partial charge in [-0.1, -0.05) is 20.8 Å². The third-order valence-corrected chi connectivity index (χ3v) is 2.28. The highest BCUT2D eigenvalue weighted by Crippen LogP contribution is 2.23. The molecule has 1 unspecified atom stereocenters. The van der Waals surface area contributed by atoms with Gasteiger partial charge in [0.25, 0.3) is 0 Å². The number of hydrogen-bond acceptors (Lipinski definition) is 4. The van der Waals surface area contributed by atoms with Crippen LogP contribution in [0.15, 0.2) is 9.98 Å². The summed E-state index contributed by atoms with van der Waals surface area (Å²) in [5, 5.41) is 8.97. The standard InChI is InChI=1S/C11H18N4/c1-4-5-10-14-9(7-12)11(13,15-10)6-8(2)3/h8H,4-6,13H2,1-3H3. The summed E-state index contributed by atoms with van der Waals surface area (Å²) in [7, 11) is 0. The number of amidine groups is 1. The quantitative estimate of drug-likeness (QED) is 0.762. The Balaban J connectivity index is 2.90. The van der Waals surface area contributed by atoms with Crippen molar-refractivity contribution >= 4 is 11.5 Å². The average Bonchev–Trinajstić information content (AvgIpc) is 2.41. The van der Waals surface area contributed by atoms with E-state index in [0.29, 0.717) is 18.1 Å². The van der Waals surface area contributed by atoms with Gasteiger partial charge in [0.2, 0.25) is 0 Å². The molecule has 15 heavy (non-hydrogen) atoms. The molecule has 0 aromatic heterocycles. The predicted molar refractivity (Wildman–Crippen MR) is 61.8 cm³/mol. The number of aliphatic imine (C=N–C) groups is 2. The van der Waals surface area contributed by atoms with E-state index >= 15 is 0 Å². The molecule has 0 aliphatic carbocycles. The molecule has 0 saturated carbocycles. The molecule has 0 saturated heterocycles. The van der Waals surface area contributed by atoms with E-state index < -0.39 is 5.66 Å². The first-order valence-corrected chi connectivity index (χ1v) is 5.38. The first-order chi connectivity index (χ1) is 7.01. The van der Waals surface area contributed by atoms with Gasteiger partial charge >= 0.3 is 0 Å². The van der Waals surface area contributed by atoms with Crippen LogP contribution in [0.5, 0.6) is 0 Å². The van der Waals surface area contributed by atoms with Crippen molar-refractivity contribution in [2.45, 2.75) is 45.7 Å². The molecule has 0 aromatic carbocycles. The molecule has 0 fully saturated rings. The van der Waals surface area contributed by atoms with Crippen molar-refractivity contribution in [1.29, 1.82) is 5.26 Å². The van der Waals surface area contributed by atoms with Crippen molar-refractivity contribution < 1.29 is 0 Å². The summed E-state index contributed by atoms with van der Waals surface area (Å²) >= 11 is 0. The first-order valence-electron chi connectivity index (χ1n) is 5.38. The summed E-state index contributed by atoms with van der Waals surface area (Å²) < 4.78 is 0. The van der Waals surface area contributed by atoms with Crippen LogP contribution in [-0.4, -0.2) is 17.2 Å². The molecule has 1 atom stereocenters. The Labute approximate surface area is 90.9 Å². The SMILES string of the molecule is CCCC1=NC(N)(CC(C)C)C(C#N)=N1. The van der Waals surface area contributed by atoms with Crippen molar-refractivity contribution in [3.8, 4) is 6.07 Å². The maximum atomic E-state index is 8.97. The van der Waals surface area contributed by atoms with E-state index in [1.807, 2.05) is 0 Å². The van der Waals surface area contributed by atoms with Crippen LogP contribution in [0.4, 0.5) is 0 Å². The minimum Gasteiger partial charge on any atom is -0.301 e. The van der Waals surface area contributed by atoms with Crippen molar-refractivity contribution in [2.24, 2.45) is 21.6 Å². The zero-order chi connectivity index (χ0) is 11.5. The summed E-state index contributed by atoms with van der Waals surface area (Å²) in [6.07, 6.45) is 2.44. The van der Waals surface area contributed by atoms with Gasteiger partial charge in [0.05, 0.1) is 0 Å². The Hall–Kier alpha value is -1.21. The van der Waals surface area contributed by atoms with Gasteiger partial charge in [0.15, 0.2) is 11.4 Å². The summed E-state index contributed by atoms with van der Waals surface area (Å²) in [5.41, 5.74) is 5.59. The van der Waals surface area contributed by atoms with Crippen LogP contribution in [0.1, 0.15) is 40.0 Å². The fourth-order valence-corrected chi connectivity index (χ4v) is 1.76. The van der Waals surface area contributed by atoms with Crippen molar-refractivity contribution in [2.75, 3.05) is 0 Å². The molecule has 0 radical (unpaired) electrons. The van der Waals surface area contributed by atoms with Crippen LogP contribution in [0, 0.1) is 17.2 Å². The maximum Gasteiger partial charge on any atom is 0.163 e. The Kier molecular flexibility index (Phi) is 3.59. The maximum absolute atomic E-state index is 8.97. The van der Waals surface area contributed by atoms with Crippen LogP contribution in [-0.2, 0) is 0 Å². The molecule has 4 heteroatoms. The third-order valence-electron chi connectivity index (χ3n) is 2.28. The van der Waals surface area contributed by atoms with Crippen molar-refractivity contribution in [3.05, 3.63) is 0 Å². The monoisotopic (exact) mass is 206 g/mol. The summed E-state index contributed by atoms with van der Waals surface area (Å²) in [4.78, 5) is 8.55. The topological polar surface area (TPSA) is 74.5 Å². The van der Waals surface area contributed by atoms with Crippen LogP contribution in [0.25, 0.3) is 0 Å². The summed E-state index contributed by atoms with van der Waals surface area (Å²) in [6, 6.07) is 2.06. The lowest BCUT2D eigenvalue weighted by Gasteiger charge is -2.21. The molecule has 1 aliphatic heterocycles. The van der Waals surface area contributed by atoms with E-state index in [4.69, 9.17) is 11.0 Å². The Bertz CT molecular complexity index is 335. The molecular formula is C11H18N4. The molecule has 82 valence electrons. The van der Waals surface area contributed by atoms with Crippen molar-refractivity contribution in [1.82, 2.24) is 0 Å². The van der Waals surface area contributed by atoms with E-state index in [1.165, 1.54) is 0 Å². The van der Waals surface area contributed by atoms with Gasteiger partial charge in [-0.2, -0.15) is 5.26 Å². The van der Waals surface area contributed by atoms with E-state index in [2.05, 4.69) is 36.8 Å². The van der Waals surface area contributed by atoms with Gasteiger partial charge in [0, 0.05) is 6.42 Å². The molecular weight excluding hydrogens is 188 g/mol. The summed E-state index contributed by atoms with van der Waals surface area (Å²) in [5.74, 6) is 1.12. The molecule has 0 amide bonds. The lowest BCUT2D eigenvalue weighted by atomic mass is 9.95. The third kappa shape index (κ3) is 2.63. The molecule has 4 nitrogen and oxygen atoms in total. The van der Waals surface area contributed by atoms with Crippen LogP contribution in [0.3, 0.4) is 0 Å². The minimum absolute atomic E-state index is 0.361. The van der Waals surface area contributed by atoms with Crippen LogP contribution < -0.4 is 5.73 Å². The number of nitrogens with zero attached hydrogens (tertiary/aromatic N) is 3. The first kappa shape index (κ1) is 11.9. The van der Waals surface area contributed by atoms with Gasteiger partial charge in [-0.25, -0.2) is 9.98 Å². The number of hydrogen-bond donors (Lipinski definition) is 1. The highest BCUT2D eigenvalue weighted by atomic mass is 15.2. The largest absolute Gasteiger partial charge is 0.301 e. The minimum atomic E-state index is -0.868. The highest BCUT2D eigenvalue weighted by molar-refractivity contribution is 6.15. The molecule has 1 rings (SSSR count). The molecule has 0 bridgehead atoms. The molecule has 0 spiro atoms. The van der Waals surface area contributed by atoms with E-state index in [-0.39, 0.29) is 0 Å². The fourth-order valence-electron chi connectivity index (χ4n) is 1.76. The second kappa shape index (κ2) is 4.54. The summed E-state index contributed by atoms with van der Waals surface area (Å²) in [6.45, 7) is 6.19. The zero-order valence-electron chi connectivity index (χ0n) is 9.62. The van der Waals surface area contributed by atoms with Gasteiger partial charge < -0.3 is 5.73 Å². The van der Waals surface area contributed by atoms with Gasteiger partial charge in [-0.3, -0.25) is 0 Å². The molecule has 2 N–H and O–H groups in total. The Morgan fingerprint density at radius 2 is 2.20 bits per heavy atom. The number of rotatable bonds is 4. The van der Waals surface area contributed by atoms with Gasteiger partial charge in [-0.15, -0.1) is 0 Å². The fraction of sp³-hybridized carbons (Fsp3) is 0.727. The Morgan fingerprint density at radius 3 is 2.67 bits per heavy atom. The molecule has 0 aromatic rings. The van der Waals surface area contributed by atoms with Crippen LogP contribution in [0.2, 0.25) is 0 Å². The van der Waals surface area contributed by atoms with E-state index in [0.717, 1.165) is 18.7 Å². The zero-order valence-corrected chi connectivity index (χ0v) is 9.62. The smallest absolute Gasteiger partial charge is 0.163 e. The average molecular weight is 206 g/mol. The second-order valence-electron chi connectivity index (χ2n) is 4.37. The van der Waals surface area contributed by atoms with Crippen molar-refractivity contribution in [3.63, 3.8) is 0 Å². The lowest BCUT2D eigenvalue weighted by Crippen LogP contribution is -2.44. The predicted octanol–water partition coefficient (Wildman–Crippen LogP) is 1.86.